The molecule has 0 fully saturated rings. The number of aliphatic carboxylic acids is 1. The van der Waals surface area contributed by atoms with Gasteiger partial charge in [-0.25, -0.2) is 4.39 Å². The third-order valence-electron chi connectivity index (χ3n) is 2.29. The van der Waals surface area contributed by atoms with Crippen LogP contribution in [-0.4, -0.2) is 17.0 Å². The zero-order chi connectivity index (χ0) is 13.0. The Morgan fingerprint density at radius 3 is 2.59 bits per heavy atom. The maximum absolute atomic E-state index is 13.7. The third kappa shape index (κ3) is 3.86. The Balaban J connectivity index is 3.02. The van der Waals surface area contributed by atoms with Gasteiger partial charge in [-0.2, -0.15) is 0 Å². The summed E-state index contributed by atoms with van der Waals surface area (Å²) in [5.74, 6) is -2.00. The average molecular weight is 239 g/mol. The normalized spacial score (nSPS) is 11.9. The number of carbonyl (C=O) groups excluding carboxylic acids is 1. The first kappa shape index (κ1) is 13.2. The van der Waals surface area contributed by atoms with Gasteiger partial charge in [0, 0.05) is 12.5 Å². The molecule has 17 heavy (non-hydrogen) atoms. The quantitative estimate of drug-likeness (QED) is 0.841. The largest absolute Gasteiger partial charge is 0.481 e. The minimum absolute atomic E-state index is 0.188. The van der Waals surface area contributed by atoms with Crippen LogP contribution < -0.4 is 5.32 Å². The molecular formula is C12H14FNO3. The molecule has 1 aromatic carbocycles. The van der Waals surface area contributed by atoms with Crippen LogP contribution in [0.2, 0.25) is 0 Å². The molecule has 1 aromatic rings. The molecule has 5 heteroatoms. The van der Waals surface area contributed by atoms with Gasteiger partial charge in [0.05, 0.1) is 12.5 Å². The van der Waals surface area contributed by atoms with E-state index in [-0.39, 0.29) is 12.0 Å². The second-order valence-electron chi connectivity index (χ2n) is 3.88. The smallest absolute Gasteiger partial charge is 0.305 e. The van der Waals surface area contributed by atoms with Crippen LogP contribution in [0.15, 0.2) is 18.2 Å². The van der Waals surface area contributed by atoms with Crippen LogP contribution in [-0.2, 0) is 9.59 Å². The number of carboxylic acids is 1. The van der Waals surface area contributed by atoms with Gasteiger partial charge in [0.2, 0.25) is 5.91 Å². The summed E-state index contributed by atoms with van der Waals surface area (Å²) in [6, 6.07) is 3.64. The Morgan fingerprint density at radius 1 is 1.47 bits per heavy atom. The lowest BCUT2D eigenvalue weighted by Crippen LogP contribution is -2.28. The van der Waals surface area contributed by atoms with E-state index in [2.05, 4.69) is 5.32 Å². The first-order valence-electron chi connectivity index (χ1n) is 5.15. The SMILES string of the molecule is CC(=O)N[C@@H](CC(=O)O)c1ccc(C)cc1F. The third-order valence-corrected chi connectivity index (χ3v) is 2.29. The Hall–Kier alpha value is -1.91. The molecule has 0 aliphatic rings. The number of nitrogens with one attached hydrogen (secondary N) is 1. The van der Waals surface area contributed by atoms with Crippen molar-refractivity contribution in [2.24, 2.45) is 0 Å². The van der Waals surface area contributed by atoms with Crippen LogP contribution in [0.3, 0.4) is 0 Å². The predicted molar refractivity (Wildman–Crippen MR) is 59.9 cm³/mol. The molecule has 0 heterocycles. The van der Waals surface area contributed by atoms with E-state index in [9.17, 15) is 14.0 Å². The first-order valence-corrected chi connectivity index (χ1v) is 5.15. The van der Waals surface area contributed by atoms with Crippen LogP contribution in [0.5, 0.6) is 0 Å². The van der Waals surface area contributed by atoms with E-state index in [1.54, 1.807) is 13.0 Å². The molecule has 1 rings (SSSR count). The Bertz CT molecular complexity index is 429. The molecule has 0 saturated carbocycles. The fourth-order valence-corrected chi connectivity index (χ4v) is 1.57. The molecule has 4 nitrogen and oxygen atoms in total. The highest BCUT2D eigenvalue weighted by Gasteiger charge is 2.19. The van der Waals surface area contributed by atoms with Gasteiger partial charge in [-0.3, -0.25) is 9.59 Å². The highest BCUT2D eigenvalue weighted by Crippen LogP contribution is 2.21. The molecule has 0 aliphatic heterocycles. The van der Waals surface area contributed by atoms with Crippen molar-refractivity contribution in [3.05, 3.63) is 35.1 Å². The summed E-state index contributed by atoms with van der Waals surface area (Å²) >= 11 is 0. The van der Waals surface area contributed by atoms with E-state index < -0.39 is 23.7 Å². The summed E-state index contributed by atoms with van der Waals surface area (Å²) < 4.78 is 13.7. The van der Waals surface area contributed by atoms with Gasteiger partial charge in [-0.15, -0.1) is 0 Å². The molecule has 0 unspecified atom stereocenters. The molecule has 0 spiro atoms. The number of carbonyl (C=O) groups is 2. The van der Waals surface area contributed by atoms with E-state index in [1.807, 2.05) is 0 Å². The molecule has 92 valence electrons. The lowest BCUT2D eigenvalue weighted by molar-refractivity contribution is -0.137. The van der Waals surface area contributed by atoms with Crippen molar-refractivity contribution in [2.75, 3.05) is 0 Å². The molecule has 0 bridgehead atoms. The average Bonchev–Trinajstić information content (AvgIpc) is 2.14. The maximum atomic E-state index is 13.7. The number of hydrogen-bond donors (Lipinski definition) is 2. The summed E-state index contributed by atoms with van der Waals surface area (Å²) in [4.78, 5) is 21.6. The predicted octanol–water partition coefficient (Wildman–Crippen LogP) is 1.79. The van der Waals surface area contributed by atoms with Crippen molar-refractivity contribution >= 4 is 11.9 Å². The number of amides is 1. The van der Waals surface area contributed by atoms with Crippen molar-refractivity contribution in [3.63, 3.8) is 0 Å². The van der Waals surface area contributed by atoms with Crippen molar-refractivity contribution in [3.8, 4) is 0 Å². The topological polar surface area (TPSA) is 66.4 Å². The highest BCUT2D eigenvalue weighted by molar-refractivity contribution is 5.75. The van der Waals surface area contributed by atoms with Crippen LogP contribution in [0.25, 0.3) is 0 Å². The van der Waals surface area contributed by atoms with E-state index in [4.69, 9.17) is 5.11 Å². The van der Waals surface area contributed by atoms with E-state index in [0.29, 0.717) is 0 Å². The molecular weight excluding hydrogens is 225 g/mol. The number of hydrogen-bond acceptors (Lipinski definition) is 2. The Morgan fingerprint density at radius 2 is 2.12 bits per heavy atom. The van der Waals surface area contributed by atoms with Crippen LogP contribution >= 0.6 is 0 Å². The lowest BCUT2D eigenvalue weighted by atomic mass is 10.0. The first-order chi connectivity index (χ1) is 7.90. The molecule has 0 aliphatic carbocycles. The zero-order valence-corrected chi connectivity index (χ0v) is 9.66. The summed E-state index contributed by atoms with van der Waals surface area (Å²) in [7, 11) is 0. The molecule has 1 amide bonds. The molecule has 0 saturated heterocycles. The summed E-state index contributed by atoms with van der Waals surface area (Å²) in [6.07, 6.45) is -0.348. The van der Waals surface area contributed by atoms with Crippen molar-refractivity contribution in [1.82, 2.24) is 5.32 Å². The maximum Gasteiger partial charge on any atom is 0.305 e. The highest BCUT2D eigenvalue weighted by atomic mass is 19.1. The minimum Gasteiger partial charge on any atom is -0.481 e. The molecule has 0 aromatic heterocycles. The second kappa shape index (κ2) is 5.43. The van der Waals surface area contributed by atoms with Gasteiger partial charge < -0.3 is 10.4 Å². The van der Waals surface area contributed by atoms with Gasteiger partial charge in [-0.1, -0.05) is 12.1 Å². The van der Waals surface area contributed by atoms with Crippen molar-refractivity contribution in [2.45, 2.75) is 26.3 Å². The Kier molecular flexibility index (Phi) is 4.20. The van der Waals surface area contributed by atoms with Crippen LogP contribution in [0, 0.1) is 12.7 Å². The van der Waals surface area contributed by atoms with E-state index >= 15 is 0 Å². The molecule has 0 radical (unpaired) electrons. The van der Waals surface area contributed by atoms with Gasteiger partial charge in [0.15, 0.2) is 0 Å². The molecule has 1 atom stereocenters. The van der Waals surface area contributed by atoms with Crippen molar-refractivity contribution < 1.29 is 19.1 Å². The van der Waals surface area contributed by atoms with E-state index in [0.717, 1.165) is 5.56 Å². The number of rotatable bonds is 4. The number of carboxylic acid groups (broad SMARTS) is 1. The molecule has 2 N–H and O–H groups in total. The number of benzene rings is 1. The fourth-order valence-electron chi connectivity index (χ4n) is 1.57. The van der Waals surface area contributed by atoms with Gasteiger partial charge in [0.25, 0.3) is 0 Å². The van der Waals surface area contributed by atoms with Crippen molar-refractivity contribution in [1.29, 1.82) is 0 Å². The van der Waals surface area contributed by atoms with Gasteiger partial charge in [0.1, 0.15) is 5.82 Å². The standard InChI is InChI=1S/C12H14FNO3/c1-7-3-4-9(10(13)5-7)11(6-12(16)17)14-8(2)15/h3-5,11H,6H2,1-2H3,(H,14,15)(H,16,17)/t11-/m0/s1. The number of aryl methyl sites for hydroxylation is 1. The van der Waals surface area contributed by atoms with Gasteiger partial charge in [-0.05, 0) is 18.6 Å². The summed E-state index contributed by atoms with van der Waals surface area (Å²) in [5.41, 5.74) is 0.927. The Labute approximate surface area is 98.5 Å². The zero-order valence-electron chi connectivity index (χ0n) is 9.66. The second-order valence-corrected chi connectivity index (χ2v) is 3.88. The minimum atomic E-state index is -1.09. The fraction of sp³-hybridized carbons (Fsp3) is 0.333. The summed E-state index contributed by atoms with van der Waals surface area (Å²) in [6.45, 7) is 3.00. The van der Waals surface area contributed by atoms with Gasteiger partial charge >= 0.3 is 5.97 Å². The van der Waals surface area contributed by atoms with Crippen LogP contribution in [0.4, 0.5) is 4.39 Å². The summed E-state index contributed by atoms with van der Waals surface area (Å²) in [5, 5.41) is 11.2. The lowest BCUT2D eigenvalue weighted by Gasteiger charge is -2.17. The van der Waals surface area contributed by atoms with Crippen LogP contribution in [0.1, 0.15) is 30.5 Å². The monoisotopic (exact) mass is 239 g/mol. The number of halogens is 1. The van der Waals surface area contributed by atoms with E-state index in [1.165, 1.54) is 19.1 Å².